The van der Waals surface area contributed by atoms with Crippen LogP contribution in [0.1, 0.15) is 37.8 Å². The number of H-pyrrole nitrogens is 1. The van der Waals surface area contributed by atoms with Crippen molar-refractivity contribution in [3.63, 3.8) is 0 Å². The zero-order valence-corrected chi connectivity index (χ0v) is 21.3. The van der Waals surface area contributed by atoms with Gasteiger partial charge < -0.3 is 19.9 Å². The third-order valence-corrected chi connectivity index (χ3v) is 7.54. The molecule has 8 heteroatoms. The summed E-state index contributed by atoms with van der Waals surface area (Å²) in [7, 11) is 0. The Hall–Kier alpha value is -3.91. The lowest BCUT2D eigenvalue weighted by Gasteiger charge is -2.36. The molecule has 4 aromatic rings. The number of aromatic nitrogens is 3. The van der Waals surface area contributed by atoms with Crippen molar-refractivity contribution < 1.29 is 9.53 Å². The van der Waals surface area contributed by atoms with E-state index in [1.807, 2.05) is 35.4 Å². The van der Waals surface area contributed by atoms with Gasteiger partial charge in [-0.3, -0.25) is 5.32 Å². The van der Waals surface area contributed by atoms with Crippen LogP contribution in [0.2, 0.25) is 0 Å². The van der Waals surface area contributed by atoms with Crippen LogP contribution in [0.5, 0.6) is 11.5 Å². The van der Waals surface area contributed by atoms with Gasteiger partial charge in [0.05, 0.1) is 5.39 Å². The van der Waals surface area contributed by atoms with Gasteiger partial charge in [0.15, 0.2) is 0 Å². The van der Waals surface area contributed by atoms with Gasteiger partial charge in [0, 0.05) is 43.8 Å². The van der Waals surface area contributed by atoms with Crippen LogP contribution in [-0.4, -0.2) is 45.5 Å². The molecule has 3 aromatic heterocycles. The summed E-state index contributed by atoms with van der Waals surface area (Å²) in [6, 6.07) is 11.9. The summed E-state index contributed by atoms with van der Waals surface area (Å²) >= 11 is 0. The van der Waals surface area contributed by atoms with Gasteiger partial charge in [-0.2, -0.15) is 0 Å². The van der Waals surface area contributed by atoms with E-state index in [9.17, 15) is 4.79 Å². The fraction of sp³-hybridized carbons (Fsp3) is 0.345. The van der Waals surface area contributed by atoms with E-state index in [1.165, 1.54) is 11.1 Å². The van der Waals surface area contributed by atoms with Crippen LogP contribution in [0.4, 0.5) is 10.6 Å². The quantitative estimate of drug-likeness (QED) is 0.336. The van der Waals surface area contributed by atoms with Gasteiger partial charge in [0.2, 0.25) is 0 Å². The second-order valence-corrected chi connectivity index (χ2v) is 10.7. The van der Waals surface area contributed by atoms with E-state index in [0.29, 0.717) is 5.82 Å². The number of carbonyl (C=O) groups excluding carboxylic acids is 1. The van der Waals surface area contributed by atoms with Crippen molar-refractivity contribution in [3.05, 3.63) is 66.1 Å². The van der Waals surface area contributed by atoms with Crippen LogP contribution in [0, 0.1) is 5.41 Å². The van der Waals surface area contributed by atoms with Crippen molar-refractivity contribution in [1.29, 1.82) is 0 Å². The molecule has 1 aromatic carbocycles. The van der Waals surface area contributed by atoms with Crippen molar-refractivity contribution in [2.24, 2.45) is 5.41 Å². The number of anilines is 1. The number of aromatic amines is 1. The molecular formula is C29H32N6O2. The molecule has 0 spiro atoms. The average molecular weight is 497 g/mol. The Morgan fingerprint density at radius 3 is 2.76 bits per heavy atom. The number of hydrogen-bond acceptors (Lipinski definition) is 5. The minimum absolute atomic E-state index is 0.105. The second-order valence-electron chi connectivity index (χ2n) is 10.7. The van der Waals surface area contributed by atoms with E-state index in [1.54, 1.807) is 12.4 Å². The minimum atomic E-state index is -0.105. The largest absolute Gasteiger partial charge is 0.457 e. The van der Waals surface area contributed by atoms with E-state index in [2.05, 4.69) is 51.6 Å². The molecule has 190 valence electrons. The summed E-state index contributed by atoms with van der Waals surface area (Å²) in [5.74, 6) is 2.05. The van der Waals surface area contributed by atoms with Gasteiger partial charge in [0.1, 0.15) is 23.0 Å². The summed E-state index contributed by atoms with van der Waals surface area (Å²) in [6.45, 7) is 7.89. The van der Waals surface area contributed by atoms with Crippen molar-refractivity contribution in [2.75, 3.05) is 25.0 Å². The first-order chi connectivity index (χ1) is 17.9. The number of nitrogens with zero attached hydrogens (tertiary/aromatic N) is 3. The SMILES string of the molecule is CC1(C)CCN(C(=O)Nc2cc(-c3c[nH]c4nccc(Oc5ccc6c(c5)CNCC6)c34)ccn2)CC1. The molecule has 3 N–H and O–H groups in total. The molecule has 6 rings (SSSR count). The second kappa shape index (κ2) is 9.52. The summed E-state index contributed by atoms with van der Waals surface area (Å²) in [5, 5.41) is 7.30. The lowest BCUT2D eigenvalue weighted by Crippen LogP contribution is -2.43. The van der Waals surface area contributed by atoms with Crippen molar-refractivity contribution in [2.45, 2.75) is 39.7 Å². The van der Waals surface area contributed by atoms with Crippen LogP contribution in [-0.2, 0) is 13.0 Å². The molecule has 8 nitrogen and oxygen atoms in total. The lowest BCUT2D eigenvalue weighted by atomic mass is 9.83. The third kappa shape index (κ3) is 4.89. The Labute approximate surface area is 216 Å². The first-order valence-electron chi connectivity index (χ1n) is 12.9. The standard InChI is InChI=1S/C29H32N6O2/c1-29(2)8-13-35(14-9-29)28(36)34-25-16-20(6-11-31-25)23-18-33-27-26(23)24(7-12-32-27)37-22-4-3-19-5-10-30-17-21(19)15-22/h3-4,6-7,11-12,15-16,18,30H,5,8-10,13-14,17H2,1-2H3,(H,32,33)(H,31,34,36). The number of amides is 2. The first kappa shape index (κ1) is 23.5. The number of ether oxygens (including phenoxy) is 1. The molecule has 2 amide bonds. The number of pyridine rings is 2. The van der Waals surface area contributed by atoms with Gasteiger partial charge in [-0.25, -0.2) is 14.8 Å². The molecule has 0 saturated carbocycles. The van der Waals surface area contributed by atoms with E-state index in [4.69, 9.17) is 4.74 Å². The lowest BCUT2D eigenvalue weighted by molar-refractivity contribution is 0.149. The molecule has 2 aliphatic rings. The summed E-state index contributed by atoms with van der Waals surface area (Å²) in [5.41, 5.74) is 5.53. The molecule has 0 atom stereocenters. The number of urea groups is 1. The zero-order valence-electron chi connectivity index (χ0n) is 21.3. The normalized spacial score (nSPS) is 16.9. The molecule has 5 heterocycles. The molecule has 1 fully saturated rings. The Bertz CT molecular complexity index is 1450. The number of rotatable bonds is 4. The summed E-state index contributed by atoms with van der Waals surface area (Å²) in [6.07, 6.45) is 8.43. The van der Waals surface area contributed by atoms with Crippen LogP contribution < -0.4 is 15.4 Å². The average Bonchev–Trinajstić information content (AvgIpc) is 3.34. The van der Waals surface area contributed by atoms with Crippen molar-refractivity contribution >= 4 is 22.9 Å². The number of nitrogens with one attached hydrogen (secondary N) is 3. The maximum Gasteiger partial charge on any atom is 0.323 e. The topological polar surface area (TPSA) is 95.2 Å². The van der Waals surface area contributed by atoms with Crippen LogP contribution in [0.25, 0.3) is 22.2 Å². The highest BCUT2D eigenvalue weighted by molar-refractivity contribution is 5.99. The number of piperidine rings is 1. The van der Waals surface area contributed by atoms with Gasteiger partial charge in [-0.15, -0.1) is 0 Å². The molecule has 0 unspecified atom stereocenters. The maximum atomic E-state index is 12.9. The van der Waals surface area contributed by atoms with Gasteiger partial charge >= 0.3 is 6.03 Å². The Kier molecular flexibility index (Phi) is 6.04. The van der Waals surface area contributed by atoms with E-state index in [0.717, 1.165) is 79.1 Å². The number of carbonyl (C=O) groups is 1. The molecule has 37 heavy (non-hydrogen) atoms. The highest BCUT2D eigenvalue weighted by Gasteiger charge is 2.28. The monoisotopic (exact) mass is 496 g/mol. The predicted octanol–water partition coefficient (Wildman–Crippen LogP) is 5.72. The fourth-order valence-corrected chi connectivity index (χ4v) is 5.16. The summed E-state index contributed by atoms with van der Waals surface area (Å²) in [4.78, 5) is 26.9. The highest BCUT2D eigenvalue weighted by atomic mass is 16.5. The molecule has 0 bridgehead atoms. The zero-order chi connectivity index (χ0) is 25.4. The Morgan fingerprint density at radius 2 is 1.89 bits per heavy atom. The minimum Gasteiger partial charge on any atom is -0.457 e. The highest BCUT2D eigenvalue weighted by Crippen LogP contribution is 2.37. The molecule has 1 saturated heterocycles. The summed E-state index contributed by atoms with van der Waals surface area (Å²) < 4.78 is 6.39. The van der Waals surface area contributed by atoms with Crippen LogP contribution in [0.3, 0.4) is 0 Å². The predicted molar refractivity (Wildman–Crippen MR) is 145 cm³/mol. The van der Waals surface area contributed by atoms with E-state index < -0.39 is 0 Å². The third-order valence-electron chi connectivity index (χ3n) is 7.54. The van der Waals surface area contributed by atoms with E-state index >= 15 is 0 Å². The molecule has 2 aliphatic heterocycles. The number of fused-ring (bicyclic) bond motifs is 2. The first-order valence-corrected chi connectivity index (χ1v) is 12.9. The molecule has 0 radical (unpaired) electrons. The van der Waals surface area contributed by atoms with Gasteiger partial charge in [-0.1, -0.05) is 19.9 Å². The molecule has 0 aliphatic carbocycles. The number of hydrogen-bond donors (Lipinski definition) is 3. The Morgan fingerprint density at radius 1 is 1.05 bits per heavy atom. The number of benzene rings is 1. The van der Waals surface area contributed by atoms with Crippen molar-refractivity contribution in [1.82, 2.24) is 25.2 Å². The fourth-order valence-electron chi connectivity index (χ4n) is 5.16. The van der Waals surface area contributed by atoms with E-state index in [-0.39, 0.29) is 11.4 Å². The van der Waals surface area contributed by atoms with Crippen molar-refractivity contribution in [3.8, 4) is 22.6 Å². The van der Waals surface area contributed by atoms with Gasteiger partial charge in [0.25, 0.3) is 0 Å². The van der Waals surface area contributed by atoms with Crippen LogP contribution >= 0.6 is 0 Å². The smallest absolute Gasteiger partial charge is 0.323 e. The molecular weight excluding hydrogens is 464 g/mol. The Balaban J connectivity index is 1.26. The number of likely N-dealkylation sites (tertiary alicyclic amines) is 1. The van der Waals surface area contributed by atoms with Gasteiger partial charge in [-0.05, 0) is 78.2 Å². The van der Waals surface area contributed by atoms with Crippen LogP contribution in [0.15, 0.2) is 55.0 Å². The maximum absolute atomic E-state index is 12.9.